The van der Waals surface area contributed by atoms with E-state index >= 15 is 0 Å². The topological polar surface area (TPSA) is 191 Å². The predicted molar refractivity (Wildman–Crippen MR) is 106 cm³/mol. The van der Waals surface area contributed by atoms with Crippen molar-refractivity contribution in [2.45, 2.75) is 50.5 Å². The fraction of sp³-hybridized carbons (Fsp3) is 0.474. The molecule has 1 rings (SSSR count). The van der Waals surface area contributed by atoms with Crippen LogP contribution in [0.15, 0.2) is 30.3 Å². The Balaban J connectivity index is 2.94. The highest BCUT2D eigenvalue weighted by atomic mass is 16.4. The van der Waals surface area contributed by atoms with Gasteiger partial charge in [-0.15, -0.1) is 0 Å². The highest BCUT2D eigenvalue weighted by Gasteiger charge is 2.30. The van der Waals surface area contributed by atoms with E-state index in [-0.39, 0.29) is 6.42 Å². The van der Waals surface area contributed by atoms with Crippen molar-refractivity contribution in [2.24, 2.45) is 5.73 Å². The Labute approximate surface area is 173 Å². The van der Waals surface area contributed by atoms with Crippen molar-refractivity contribution < 1.29 is 34.5 Å². The van der Waals surface area contributed by atoms with Crippen molar-refractivity contribution in [1.82, 2.24) is 16.0 Å². The second-order valence-corrected chi connectivity index (χ2v) is 6.83. The first kappa shape index (κ1) is 25.0. The first-order chi connectivity index (χ1) is 14.1. The van der Waals surface area contributed by atoms with E-state index < -0.39 is 60.6 Å². The minimum Gasteiger partial charge on any atom is -0.480 e. The maximum Gasteiger partial charge on any atom is 0.325 e. The number of aliphatic carboxylic acids is 1. The Bertz CT molecular complexity index is 742. The second kappa shape index (κ2) is 11.9. The van der Waals surface area contributed by atoms with Crippen LogP contribution < -0.4 is 21.7 Å². The van der Waals surface area contributed by atoms with E-state index in [1.807, 2.05) is 0 Å². The van der Waals surface area contributed by atoms with Gasteiger partial charge in [0, 0.05) is 6.42 Å². The predicted octanol–water partition coefficient (Wildman–Crippen LogP) is -2.51. The lowest BCUT2D eigenvalue weighted by Crippen LogP contribution is -2.59. The molecule has 5 atom stereocenters. The molecule has 30 heavy (non-hydrogen) atoms. The Kier molecular flexibility index (Phi) is 9.89. The fourth-order valence-corrected chi connectivity index (χ4v) is 2.39. The molecule has 3 amide bonds. The lowest BCUT2D eigenvalue weighted by Gasteiger charge is -2.24. The number of rotatable bonds is 11. The Morgan fingerprint density at radius 1 is 0.933 bits per heavy atom. The highest BCUT2D eigenvalue weighted by Crippen LogP contribution is 2.05. The highest BCUT2D eigenvalue weighted by molar-refractivity contribution is 5.94. The molecule has 1 aromatic rings. The molecule has 0 fully saturated rings. The minimum absolute atomic E-state index is 0.0457. The molecule has 0 bridgehead atoms. The molecule has 0 aromatic heterocycles. The average molecular weight is 424 g/mol. The lowest BCUT2D eigenvalue weighted by atomic mass is 10.0. The van der Waals surface area contributed by atoms with Gasteiger partial charge in [0.05, 0.1) is 12.7 Å². The summed E-state index contributed by atoms with van der Waals surface area (Å²) in [5, 5.41) is 34.7. The van der Waals surface area contributed by atoms with E-state index in [4.69, 9.17) is 10.8 Å². The summed E-state index contributed by atoms with van der Waals surface area (Å²) in [7, 11) is 0. The smallest absolute Gasteiger partial charge is 0.325 e. The summed E-state index contributed by atoms with van der Waals surface area (Å²) in [5.41, 5.74) is 6.20. The van der Waals surface area contributed by atoms with Gasteiger partial charge in [-0.05, 0) is 19.4 Å². The molecule has 1 aromatic carbocycles. The van der Waals surface area contributed by atoms with Crippen LogP contribution in [-0.4, -0.2) is 75.9 Å². The van der Waals surface area contributed by atoms with Gasteiger partial charge in [0.1, 0.15) is 24.2 Å². The summed E-state index contributed by atoms with van der Waals surface area (Å²) in [6.07, 6.45) is -1.13. The van der Waals surface area contributed by atoms with Gasteiger partial charge in [0.15, 0.2) is 0 Å². The number of carboxylic acids is 1. The molecule has 0 heterocycles. The zero-order valence-corrected chi connectivity index (χ0v) is 16.7. The Morgan fingerprint density at radius 2 is 1.47 bits per heavy atom. The van der Waals surface area contributed by atoms with Crippen molar-refractivity contribution in [3.8, 4) is 0 Å². The summed E-state index contributed by atoms with van der Waals surface area (Å²) in [4.78, 5) is 48.1. The van der Waals surface area contributed by atoms with E-state index in [1.54, 1.807) is 30.3 Å². The summed E-state index contributed by atoms with van der Waals surface area (Å²) in [6.45, 7) is 1.78. The number of carbonyl (C=O) groups excluding carboxylic acids is 3. The quantitative estimate of drug-likeness (QED) is 0.202. The largest absolute Gasteiger partial charge is 0.480 e. The number of hydrogen-bond donors (Lipinski definition) is 7. The monoisotopic (exact) mass is 424 g/mol. The molecule has 5 unspecified atom stereocenters. The summed E-state index contributed by atoms with van der Waals surface area (Å²) < 4.78 is 0. The van der Waals surface area contributed by atoms with Crippen molar-refractivity contribution in [3.05, 3.63) is 35.9 Å². The SMILES string of the molecule is CC(NC(=O)C(Cc1ccccc1)NC(=O)C(CO)NC(=O)C(N)C(C)O)C(=O)O. The minimum atomic E-state index is -1.43. The van der Waals surface area contributed by atoms with Crippen LogP contribution in [0.1, 0.15) is 19.4 Å². The third kappa shape index (κ3) is 7.78. The van der Waals surface area contributed by atoms with Gasteiger partial charge in [0.25, 0.3) is 0 Å². The van der Waals surface area contributed by atoms with Gasteiger partial charge in [-0.25, -0.2) is 0 Å². The third-order valence-electron chi connectivity index (χ3n) is 4.28. The molecule has 0 saturated heterocycles. The number of amides is 3. The van der Waals surface area contributed by atoms with Crippen LogP contribution in [0.4, 0.5) is 0 Å². The number of benzene rings is 1. The Hall–Kier alpha value is -3.02. The van der Waals surface area contributed by atoms with Crippen molar-refractivity contribution in [1.29, 1.82) is 0 Å². The van der Waals surface area contributed by atoms with Crippen LogP contribution in [0, 0.1) is 0 Å². The molecule has 0 spiro atoms. The standard InChI is InChI=1S/C19H28N4O7/c1-10(19(29)30)21-16(26)13(8-12-6-4-3-5-7-12)22-17(27)14(9-24)23-18(28)15(20)11(2)25/h3-7,10-11,13-15,24-25H,8-9,20H2,1-2H3,(H,21,26)(H,22,27)(H,23,28)(H,29,30). The number of hydrogen-bond acceptors (Lipinski definition) is 7. The molecule has 11 nitrogen and oxygen atoms in total. The maximum absolute atomic E-state index is 12.5. The molecular formula is C19H28N4O7. The Morgan fingerprint density at radius 3 is 1.97 bits per heavy atom. The maximum atomic E-state index is 12.5. The third-order valence-corrected chi connectivity index (χ3v) is 4.28. The van der Waals surface area contributed by atoms with Crippen molar-refractivity contribution >= 4 is 23.7 Å². The second-order valence-electron chi connectivity index (χ2n) is 6.83. The van der Waals surface area contributed by atoms with Crippen LogP contribution in [0.5, 0.6) is 0 Å². The summed E-state index contributed by atoms with van der Waals surface area (Å²) >= 11 is 0. The molecule has 0 aliphatic carbocycles. The molecule has 0 radical (unpaired) electrons. The lowest BCUT2D eigenvalue weighted by molar-refractivity contribution is -0.141. The van der Waals surface area contributed by atoms with Crippen LogP contribution in [0.2, 0.25) is 0 Å². The van der Waals surface area contributed by atoms with Gasteiger partial charge < -0.3 is 37.0 Å². The van der Waals surface area contributed by atoms with Gasteiger partial charge >= 0.3 is 5.97 Å². The first-order valence-electron chi connectivity index (χ1n) is 9.29. The van der Waals surface area contributed by atoms with Gasteiger partial charge in [-0.3, -0.25) is 19.2 Å². The summed E-state index contributed by atoms with van der Waals surface area (Å²) in [6, 6.07) is 3.59. The normalized spacial score (nSPS) is 15.8. The van der Waals surface area contributed by atoms with E-state index in [2.05, 4.69) is 16.0 Å². The molecular weight excluding hydrogens is 396 g/mol. The van der Waals surface area contributed by atoms with E-state index in [1.165, 1.54) is 13.8 Å². The van der Waals surface area contributed by atoms with Crippen molar-refractivity contribution in [3.63, 3.8) is 0 Å². The van der Waals surface area contributed by atoms with E-state index in [9.17, 15) is 29.4 Å². The molecule has 8 N–H and O–H groups in total. The van der Waals surface area contributed by atoms with Gasteiger partial charge in [-0.2, -0.15) is 0 Å². The van der Waals surface area contributed by atoms with Crippen LogP contribution in [0.3, 0.4) is 0 Å². The number of carboxylic acid groups (broad SMARTS) is 1. The van der Waals surface area contributed by atoms with Gasteiger partial charge in [0.2, 0.25) is 17.7 Å². The number of nitrogens with two attached hydrogens (primary N) is 1. The molecule has 11 heteroatoms. The molecule has 0 aliphatic rings. The van der Waals surface area contributed by atoms with Gasteiger partial charge in [-0.1, -0.05) is 30.3 Å². The molecule has 166 valence electrons. The zero-order valence-electron chi connectivity index (χ0n) is 16.7. The van der Waals surface area contributed by atoms with Crippen LogP contribution in [-0.2, 0) is 25.6 Å². The number of aliphatic hydroxyl groups is 2. The van der Waals surface area contributed by atoms with Crippen LogP contribution >= 0.6 is 0 Å². The van der Waals surface area contributed by atoms with E-state index in [0.717, 1.165) is 0 Å². The van der Waals surface area contributed by atoms with Crippen LogP contribution in [0.25, 0.3) is 0 Å². The zero-order chi connectivity index (χ0) is 22.8. The van der Waals surface area contributed by atoms with Crippen molar-refractivity contribution in [2.75, 3.05) is 6.61 Å². The molecule has 0 aliphatic heterocycles. The molecule has 0 saturated carbocycles. The van der Waals surface area contributed by atoms with E-state index in [0.29, 0.717) is 5.56 Å². The number of nitrogens with one attached hydrogen (secondary N) is 3. The first-order valence-corrected chi connectivity index (χ1v) is 9.29. The fourth-order valence-electron chi connectivity index (χ4n) is 2.39. The number of carbonyl (C=O) groups is 4. The average Bonchev–Trinajstić information content (AvgIpc) is 2.70. The summed E-state index contributed by atoms with van der Waals surface area (Å²) in [5.74, 6) is -3.72. The number of aliphatic hydroxyl groups excluding tert-OH is 2.